The maximum Gasteiger partial charge on any atom is 3.00 e. The minimum Gasteiger partial charge on any atom is -1.00 e. The molecule has 0 aliphatic heterocycles. The van der Waals surface area contributed by atoms with Crippen molar-refractivity contribution in [3.63, 3.8) is 0 Å². The van der Waals surface area contributed by atoms with Gasteiger partial charge >= 0.3 is 26.2 Å². The third kappa shape index (κ3) is 4.65. The number of hydrogen-bond donors (Lipinski definition) is 0. The molecule has 1 aliphatic carbocycles. The maximum atomic E-state index is 3.65. The molecule has 0 bridgehead atoms. The van der Waals surface area contributed by atoms with Crippen LogP contribution in [-0.4, -0.2) is 0 Å². The van der Waals surface area contributed by atoms with Gasteiger partial charge in [-0.2, -0.15) is 23.3 Å². The van der Waals surface area contributed by atoms with Crippen molar-refractivity contribution in [3.05, 3.63) is 57.6 Å². The average Bonchev–Trinajstić information content (AvgIpc) is 2.77. The molecule has 0 nitrogen and oxygen atoms in total. The summed E-state index contributed by atoms with van der Waals surface area (Å²) >= 11 is 0. The van der Waals surface area contributed by atoms with E-state index in [0.717, 1.165) is 6.42 Å². The second-order valence-corrected chi connectivity index (χ2v) is 9.20. The molecule has 0 N–H and O–H groups in total. The summed E-state index contributed by atoms with van der Waals surface area (Å²) < 4.78 is 0. The van der Waals surface area contributed by atoms with Gasteiger partial charge in [-0.3, -0.25) is 0 Å². The molecule has 3 heteroatoms. The van der Waals surface area contributed by atoms with Crippen molar-refractivity contribution in [1.29, 1.82) is 0 Å². The second kappa shape index (κ2) is 8.50. The van der Waals surface area contributed by atoms with Crippen LogP contribution in [0.3, 0.4) is 0 Å². The number of halogens is 2. The van der Waals surface area contributed by atoms with Crippen molar-refractivity contribution in [3.8, 4) is 11.1 Å². The standard InChI is InChI=1S/C23H29.2ClH.Zr/c1-14-9-16(22(3,4)5)11-20-18(14)13-19-15(2)10-17(12-21(19)20)23(6,7)8;;;/h9,11-12H,13H2,1-8H3;2*1H;/q-1;;;+3/p-2. The quantitative estimate of drug-likeness (QED) is 0.417. The van der Waals surface area contributed by atoms with E-state index in [2.05, 4.69) is 79.7 Å². The Morgan fingerprint density at radius 3 is 1.81 bits per heavy atom. The first-order valence-corrected chi connectivity index (χ1v) is 8.69. The molecule has 1 radical (unpaired) electrons. The van der Waals surface area contributed by atoms with Crippen LogP contribution in [0.25, 0.3) is 11.1 Å². The monoisotopic (exact) mass is 465 g/mol. The number of fused-ring (bicyclic) bond motifs is 3. The number of rotatable bonds is 0. The van der Waals surface area contributed by atoms with Crippen LogP contribution in [0.1, 0.15) is 74.9 Å². The van der Waals surface area contributed by atoms with Gasteiger partial charge in [-0.1, -0.05) is 60.6 Å². The van der Waals surface area contributed by atoms with Crippen molar-refractivity contribution in [2.75, 3.05) is 0 Å². The SMILES string of the molecule is Cc1[c-]c(C(C)(C)C)cc2c1Cc1c(C)cc(C(C)(C)C)cc1-2.[Cl-].[Cl-].[Zr+3]. The smallest absolute Gasteiger partial charge is 1.00 e. The molecule has 1 aliphatic rings. The van der Waals surface area contributed by atoms with E-state index in [-0.39, 0.29) is 61.8 Å². The summed E-state index contributed by atoms with van der Waals surface area (Å²) in [5.74, 6) is 0. The summed E-state index contributed by atoms with van der Waals surface area (Å²) in [5.41, 5.74) is 11.7. The van der Waals surface area contributed by atoms with Gasteiger partial charge in [-0.15, -0.1) is 11.1 Å². The Morgan fingerprint density at radius 1 is 0.769 bits per heavy atom. The molecule has 0 aromatic heterocycles. The molecule has 0 unspecified atom stereocenters. The van der Waals surface area contributed by atoms with Crippen LogP contribution in [0.2, 0.25) is 0 Å². The molecule has 26 heavy (non-hydrogen) atoms. The third-order valence-corrected chi connectivity index (χ3v) is 5.18. The molecule has 0 saturated heterocycles. The normalized spacial score (nSPS) is 12.3. The summed E-state index contributed by atoms with van der Waals surface area (Å²) in [6.07, 6.45) is 1.06. The predicted octanol–water partition coefficient (Wildman–Crippen LogP) is 0.275. The zero-order chi connectivity index (χ0) is 17.2. The van der Waals surface area contributed by atoms with Crippen LogP contribution in [0.5, 0.6) is 0 Å². The zero-order valence-corrected chi connectivity index (χ0v) is 21.2. The first-order valence-electron chi connectivity index (χ1n) is 8.69. The molecule has 0 heterocycles. The van der Waals surface area contributed by atoms with Gasteiger partial charge in [0, 0.05) is 0 Å². The molecule has 0 fully saturated rings. The Bertz CT molecular complexity index is 726. The molecule has 0 atom stereocenters. The Balaban J connectivity index is 0.00000208. The fourth-order valence-electron chi connectivity index (χ4n) is 3.52. The Morgan fingerprint density at radius 2 is 1.31 bits per heavy atom. The molecule has 0 amide bonds. The van der Waals surface area contributed by atoms with Crippen molar-refractivity contribution < 1.29 is 51.0 Å². The summed E-state index contributed by atoms with van der Waals surface area (Å²) in [5, 5.41) is 0. The molecule has 0 spiro atoms. The van der Waals surface area contributed by atoms with E-state index >= 15 is 0 Å². The Labute approximate surface area is 191 Å². The molecule has 2 aromatic rings. The van der Waals surface area contributed by atoms with Crippen LogP contribution >= 0.6 is 0 Å². The summed E-state index contributed by atoms with van der Waals surface area (Å²) in [7, 11) is 0. The maximum absolute atomic E-state index is 3.65. The molecule has 3 rings (SSSR count). The molecular formula is C23H29Cl2Zr. The summed E-state index contributed by atoms with van der Waals surface area (Å²) in [6, 6.07) is 10.8. The molecule has 139 valence electrons. The van der Waals surface area contributed by atoms with E-state index in [1.54, 1.807) is 0 Å². The van der Waals surface area contributed by atoms with Crippen LogP contribution in [-0.2, 0) is 43.5 Å². The van der Waals surface area contributed by atoms with Gasteiger partial charge in [0.25, 0.3) is 0 Å². The van der Waals surface area contributed by atoms with Crippen molar-refractivity contribution >= 4 is 0 Å². The first kappa shape index (κ1) is 25.9. The minimum atomic E-state index is 0. The summed E-state index contributed by atoms with van der Waals surface area (Å²) in [4.78, 5) is 0. The van der Waals surface area contributed by atoms with Crippen LogP contribution in [0, 0.1) is 19.9 Å². The van der Waals surface area contributed by atoms with Gasteiger partial charge in [0.1, 0.15) is 0 Å². The van der Waals surface area contributed by atoms with Gasteiger partial charge in [0.2, 0.25) is 0 Å². The Hall–Kier alpha value is -0.0969. The van der Waals surface area contributed by atoms with Gasteiger partial charge in [0.15, 0.2) is 0 Å². The van der Waals surface area contributed by atoms with Crippen molar-refractivity contribution in [1.82, 2.24) is 0 Å². The molecular weight excluding hydrogens is 438 g/mol. The topological polar surface area (TPSA) is 0 Å². The fraction of sp³-hybridized carbons (Fsp3) is 0.478. The van der Waals surface area contributed by atoms with Gasteiger partial charge in [-0.25, -0.2) is 0 Å². The van der Waals surface area contributed by atoms with E-state index in [9.17, 15) is 0 Å². The van der Waals surface area contributed by atoms with E-state index in [0.29, 0.717) is 0 Å². The molecule has 0 saturated carbocycles. The molecule has 2 aromatic carbocycles. The third-order valence-electron chi connectivity index (χ3n) is 5.18. The van der Waals surface area contributed by atoms with E-state index in [1.165, 1.54) is 44.5 Å². The minimum absolute atomic E-state index is 0. The van der Waals surface area contributed by atoms with Crippen molar-refractivity contribution in [2.45, 2.75) is 72.6 Å². The van der Waals surface area contributed by atoms with Gasteiger partial charge in [0.05, 0.1) is 0 Å². The van der Waals surface area contributed by atoms with Crippen molar-refractivity contribution in [2.24, 2.45) is 0 Å². The van der Waals surface area contributed by atoms with E-state index in [1.807, 2.05) is 0 Å². The van der Waals surface area contributed by atoms with Gasteiger partial charge in [-0.05, 0) is 46.4 Å². The average molecular weight is 468 g/mol. The van der Waals surface area contributed by atoms with Crippen LogP contribution < -0.4 is 24.8 Å². The number of aryl methyl sites for hydroxylation is 2. The number of hydrogen-bond acceptors (Lipinski definition) is 0. The zero-order valence-electron chi connectivity index (χ0n) is 17.2. The van der Waals surface area contributed by atoms with E-state index in [4.69, 9.17) is 0 Å². The fourth-order valence-corrected chi connectivity index (χ4v) is 3.52. The number of benzene rings is 2. The Kier molecular flexibility index (Phi) is 8.47. The van der Waals surface area contributed by atoms with Crippen LogP contribution in [0.4, 0.5) is 0 Å². The summed E-state index contributed by atoms with van der Waals surface area (Å²) in [6.45, 7) is 18.2. The second-order valence-electron chi connectivity index (χ2n) is 9.20. The predicted molar refractivity (Wildman–Crippen MR) is 100 cm³/mol. The van der Waals surface area contributed by atoms with Gasteiger partial charge < -0.3 is 24.8 Å². The first-order chi connectivity index (χ1) is 10.5. The van der Waals surface area contributed by atoms with E-state index < -0.39 is 0 Å². The largest absolute Gasteiger partial charge is 3.00 e. The van der Waals surface area contributed by atoms with Crippen LogP contribution in [0.15, 0.2) is 18.2 Å².